The first-order valence-corrected chi connectivity index (χ1v) is 10.7. The Morgan fingerprint density at radius 2 is 1.51 bits per heavy atom. The molecule has 2 rings (SSSR count). The smallest absolute Gasteiger partial charge is 0.428 e. The monoisotopic (exact) mass is 505 g/mol. The first-order chi connectivity index (χ1) is 15.6. The standard InChI is InChI=1S/C23H31F4N3O5/c1-19(2,3)34-17(31)30(18(32)35-20(4,5)6)16-29-21(7,12-22(8,33-16)23(25,26)27)14-11-13(28)9-10-15(14)24/h9-11H,12,28H2,1-8H3/t21-,22-/m0/s1. The zero-order valence-electron chi connectivity index (χ0n) is 21.0. The van der Waals surface area contributed by atoms with E-state index in [1.165, 1.54) is 54.5 Å². The van der Waals surface area contributed by atoms with Gasteiger partial charge in [0.15, 0.2) is 0 Å². The number of imide groups is 1. The van der Waals surface area contributed by atoms with E-state index in [1.54, 1.807) is 0 Å². The van der Waals surface area contributed by atoms with Crippen molar-refractivity contribution in [1.29, 1.82) is 0 Å². The number of carbonyl (C=O) groups is 2. The number of carbonyl (C=O) groups excluding carboxylic acids is 2. The molecule has 196 valence electrons. The molecule has 2 amide bonds. The Bertz CT molecular complexity index is 1000. The van der Waals surface area contributed by atoms with Crippen molar-refractivity contribution in [1.82, 2.24) is 4.90 Å². The summed E-state index contributed by atoms with van der Waals surface area (Å²) in [5.41, 5.74) is -1.64. The molecule has 0 aliphatic carbocycles. The maximum atomic E-state index is 14.8. The molecule has 0 bridgehead atoms. The number of amides is 2. The number of alkyl halides is 3. The van der Waals surface area contributed by atoms with E-state index in [2.05, 4.69) is 4.99 Å². The van der Waals surface area contributed by atoms with E-state index >= 15 is 0 Å². The SMILES string of the molecule is CC(C)(C)OC(=O)N(C(=O)OC(C)(C)C)C1=N[C@](C)(c2cc(N)ccc2F)C[C@@](C)(C(F)(F)F)O1. The van der Waals surface area contributed by atoms with E-state index in [0.717, 1.165) is 12.1 Å². The number of amidine groups is 1. The number of nitrogens with two attached hydrogens (primary N) is 1. The third-order valence-electron chi connectivity index (χ3n) is 4.85. The van der Waals surface area contributed by atoms with E-state index in [1.807, 2.05) is 0 Å². The minimum atomic E-state index is -5.00. The average Bonchev–Trinajstić information content (AvgIpc) is 2.59. The molecule has 1 aliphatic heterocycles. The highest BCUT2D eigenvalue weighted by atomic mass is 19.4. The van der Waals surface area contributed by atoms with E-state index in [-0.39, 0.29) is 16.2 Å². The van der Waals surface area contributed by atoms with Crippen LogP contribution in [-0.2, 0) is 19.7 Å². The summed E-state index contributed by atoms with van der Waals surface area (Å²) in [6.07, 6.45) is -8.64. The van der Waals surface area contributed by atoms with Crippen molar-refractivity contribution in [2.24, 2.45) is 4.99 Å². The first kappa shape index (κ1) is 28.2. The number of halogens is 4. The molecule has 1 aromatic rings. The molecular weight excluding hydrogens is 474 g/mol. The maximum Gasteiger partial charge on any atom is 0.428 e. The molecule has 0 spiro atoms. The second-order valence-electron chi connectivity index (χ2n) is 10.7. The van der Waals surface area contributed by atoms with Gasteiger partial charge in [0.1, 0.15) is 17.0 Å². The number of hydrogen-bond donors (Lipinski definition) is 1. The van der Waals surface area contributed by atoms with Crippen LogP contribution in [0.4, 0.5) is 32.8 Å². The Balaban J connectivity index is 2.78. The summed E-state index contributed by atoms with van der Waals surface area (Å²) in [5.74, 6) is -0.877. The van der Waals surface area contributed by atoms with Gasteiger partial charge >= 0.3 is 24.4 Å². The third kappa shape index (κ3) is 6.55. The van der Waals surface area contributed by atoms with Gasteiger partial charge in [-0.3, -0.25) is 0 Å². The lowest BCUT2D eigenvalue weighted by Gasteiger charge is -2.44. The molecule has 0 unspecified atom stereocenters. The van der Waals surface area contributed by atoms with Crippen molar-refractivity contribution < 1.29 is 41.4 Å². The second kappa shape index (κ2) is 8.87. The highest BCUT2D eigenvalue weighted by molar-refractivity contribution is 6.06. The van der Waals surface area contributed by atoms with Crippen LogP contribution in [0.2, 0.25) is 0 Å². The molecule has 0 saturated carbocycles. The Hall–Kier alpha value is -3.05. The molecule has 1 heterocycles. The molecule has 2 atom stereocenters. The molecule has 1 aromatic carbocycles. The highest BCUT2D eigenvalue weighted by Crippen LogP contribution is 2.48. The fourth-order valence-electron chi connectivity index (χ4n) is 3.38. The van der Waals surface area contributed by atoms with E-state index < -0.39 is 59.0 Å². The van der Waals surface area contributed by atoms with Crippen LogP contribution in [0.1, 0.15) is 67.4 Å². The van der Waals surface area contributed by atoms with Gasteiger partial charge in [0, 0.05) is 17.7 Å². The number of anilines is 1. The third-order valence-corrected chi connectivity index (χ3v) is 4.85. The molecular formula is C23H31F4N3O5. The Morgan fingerprint density at radius 3 is 1.94 bits per heavy atom. The van der Waals surface area contributed by atoms with Crippen LogP contribution in [0.3, 0.4) is 0 Å². The summed E-state index contributed by atoms with van der Waals surface area (Å²) < 4.78 is 73.0. The van der Waals surface area contributed by atoms with Crippen molar-refractivity contribution >= 4 is 23.9 Å². The van der Waals surface area contributed by atoms with Crippen LogP contribution < -0.4 is 5.73 Å². The molecule has 12 heteroatoms. The molecule has 0 radical (unpaired) electrons. The normalized spacial score (nSPS) is 23.1. The summed E-state index contributed by atoms with van der Waals surface area (Å²) >= 11 is 0. The minimum Gasteiger partial charge on any atom is -0.448 e. The van der Waals surface area contributed by atoms with Crippen LogP contribution in [0, 0.1) is 5.82 Å². The summed E-state index contributed by atoms with van der Waals surface area (Å²) in [7, 11) is 0. The van der Waals surface area contributed by atoms with Crippen LogP contribution in [0.15, 0.2) is 23.2 Å². The summed E-state index contributed by atoms with van der Waals surface area (Å²) in [4.78, 5) is 30.2. The zero-order valence-corrected chi connectivity index (χ0v) is 21.0. The van der Waals surface area contributed by atoms with Crippen molar-refractivity contribution in [3.8, 4) is 0 Å². The predicted molar refractivity (Wildman–Crippen MR) is 120 cm³/mol. The topological polar surface area (TPSA) is 103 Å². The lowest BCUT2D eigenvalue weighted by atomic mass is 9.80. The fraction of sp³-hybridized carbons (Fsp3) is 0.609. The van der Waals surface area contributed by atoms with E-state index in [9.17, 15) is 27.2 Å². The number of ether oxygens (including phenoxy) is 3. The molecule has 35 heavy (non-hydrogen) atoms. The largest absolute Gasteiger partial charge is 0.448 e. The lowest BCUT2D eigenvalue weighted by Crippen LogP contribution is -2.58. The molecule has 1 aliphatic rings. The summed E-state index contributed by atoms with van der Waals surface area (Å²) in [6.45, 7) is 10.9. The number of rotatable bonds is 1. The average molecular weight is 506 g/mol. The molecule has 2 N–H and O–H groups in total. The highest BCUT2D eigenvalue weighted by Gasteiger charge is 2.61. The van der Waals surface area contributed by atoms with Crippen molar-refractivity contribution in [2.75, 3.05) is 5.73 Å². The second-order valence-corrected chi connectivity index (χ2v) is 10.7. The Labute approximate surface area is 201 Å². The van der Waals surface area contributed by atoms with Crippen LogP contribution >= 0.6 is 0 Å². The van der Waals surface area contributed by atoms with Crippen LogP contribution in [0.25, 0.3) is 0 Å². The summed E-state index contributed by atoms with van der Waals surface area (Å²) in [6, 6.07) is 2.32. The van der Waals surface area contributed by atoms with Crippen molar-refractivity contribution in [3.05, 3.63) is 29.6 Å². The van der Waals surface area contributed by atoms with Gasteiger partial charge in [-0.15, -0.1) is 4.90 Å². The molecule has 0 fully saturated rings. The Morgan fingerprint density at radius 1 is 1.03 bits per heavy atom. The van der Waals surface area contributed by atoms with Gasteiger partial charge in [-0.1, -0.05) is 0 Å². The van der Waals surface area contributed by atoms with Gasteiger partial charge < -0.3 is 19.9 Å². The first-order valence-electron chi connectivity index (χ1n) is 10.7. The van der Waals surface area contributed by atoms with Crippen LogP contribution in [-0.4, -0.2) is 46.1 Å². The van der Waals surface area contributed by atoms with Gasteiger partial charge in [0.25, 0.3) is 0 Å². The number of aliphatic imine (C=N–C) groups is 1. The Kier molecular flexibility index (Phi) is 7.14. The molecule has 8 nitrogen and oxygen atoms in total. The van der Waals surface area contributed by atoms with E-state index in [0.29, 0.717) is 6.92 Å². The van der Waals surface area contributed by atoms with Crippen molar-refractivity contribution in [2.45, 2.75) is 90.3 Å². The van der Waals surface area contributed by atoms with Gasteiger partial charge in [-0.2, -0.15) is 13.2 Å². The molecule has 0 aromatic heterocycles. The van der Waals surface area contributed by atoms with Gasteiger partial charge in [0.2, 0.25) is 5.60 Å². The molecule has 0 saturated heterocycles. The maximum absolute atomic E-state index is 14.8. The van der Waals surface area contributed by atoms with E-state index in [4.69, 9.17) is 19.9 Å². The van der Waals surface area contributed by atoms with Crippen molar-refractivity contribution in [3.63, 3.8) is 0 Å². The summed E-state index contributed by atoms with van der Waals surface area (Å²) in [5, 5.41) is 0. The van der Waals surface area contributed by atoms with Gasteiger partial charge in [-0.25, -0.2) is 19.0 Å². The van der Waals surface area contributed by atoms with Crippen LogP contribution in [0.5, 0.6) is 0 Å². The number of nitrogen functional groups attached to an aromatic ring is 1. The number of hydrogen-bond acceptors (Lipinski definition) is 7. The minimum absolute atomic E-state index is 0.0794. The number of benzene rings is 1. The van der Waals surface area contributed by atoms with Gasteiger partial charge in [0.05, 0.1) is 5.54 Å². The lowest BCUT2D eigenvalue weighted by molar-refractivity contribution is -0.259. The number of nitrogens with zero attached hydrogens (tertiary/aromatic N) is 2. The predicted octanol–water partition coefficient (Wildman–Crippen LogP) is 5.89. The van der Waals surface area contributed by atoms with Gasteiger partial charge in [-0.05, 0) is 73.6 Å². The zero-order chi connectivity index (χ0) is 27.2. The fourth-order valence-corrected chi connectivity index (χ4v) is 3.38. The quantitative estimate of drug-likeness (QED) is 0.377.